The average molecular weight is 343 g/mol. The Bertz CT molecular complexity index is 602. The Labute approximate surface area is 150 Å². The van der Waals surface area contributed by atoms with E-state index < -0.39 is 0 Å². The summed E-state index contributed by atoms with van der Waals surface area (Å²) in [5.41, 5.74) is 2.14. The van der Waals surface area contributed by atoms with Gasteiger partial charge in [0.15, 0.2) is 0 Å². The van der Waals surface area contributed by atoms with Crippen molar-refractivity contribution in [2.75, 3.05) is 13.1 Å². The molecule has 0 bridgehead atoms. The van der Waals surface area contributed by atoms with Crippen LogP contribution in [-0.2, 0) is 9.59 Å². The molecule has 25 heavy (non-hydrogen) atoms. The fraction of sp³-hybridized carbons (Fsp3) is 0.600. The fourth-order valence-electron chi connectivity index (χ4n) is 3.62. The summed E-state index contributed by atoms with van der Waals surface area (Å²) in [7, 11) is 0. The van der Waals surface area contributed by atoms with Crippen LogP contribution in [-0.4, -0.2) is 41.9 Å². The van der Waals surface area contributed by atoms with Gasteiger partial charge in [0.05, 0.1) is 12.5 Å². The average Bonchev–Trinajstić information content (AvgIpc) is 3.40. The number of carbonyl (C=O) groups excluding carboxylic acids is 2. The Hall–Kier alpha value is -1.88. The highest BCUT2D eigenvalue weighted by molar-refractivity contribution is 5.79. The van der Waals surface area contributed by atoms with E-state index in [4.69, 9.17) is 0 Å². The normalized spacial score (nSPS) is 20.1. The third-order valence-electron chi connectivity index (χ3n) is 5.20. The standard InChI is InChI=1S/C20H29N3O2/c1-14-3-5-16(6-4-14)19(21-15(2)24)13-20(25)22-17-9-11-23(12-10-17)18-7-8-18/h3-6,17-19H,7-13H2,1-2H3,(H,21,24)(H,22,25). The second-order valence-electron chi connectivity index (χ2n) is 7.48. The lowest BCUT2D eigenvalue weighted by Gasteiger charge is -2.32. The molecule has 0 spiro atoms. The third kappa shape index (κ3) is 5.30. The molecule has 136 valence electrons. The molecular formula is C20H29N3O2. The number of aryl methyl sites for hydroxylation is 1. The van der Waals surface area contributed by atoms with Crippen LogP contribution < -0.4 is 10.6 Å². The van der Waals surface area contributed by atoms with E-state index in [-0.39, 0.29) is 30.3 Å². The number of carbonyl (C=O) groups is 2. The maximum absolute atomic E-state index is 12.5. The summed E-state index contributed by atoms with van der Waals surface area (Å²) >= 11 is 0. The lowest BCUT2D eigenvalue weighted by atomic mass is 10.0. The van der Waals surface area contributed by atoms with Crippen molar-refractivity contribution in [3.05, 3.63) is 35.4 Å². The van der Waals surface area contributed by atoms with E-state index in [0.717, 1.165) is 43.1 Å². The molecule has 1 aromatic carbocycles. The van der Waals surface area contributed by atoms with Crippen LogP contribution in [0.3, 0.4) is 0 Å². The second-order valence-corrected chi connectivity index (χ2v) is 7.48. The number of amides is 2. The Kier molecular flexibility index (Phi) is 5.74. The Morgan fingerprint density at radius 1 is 1.12 bits per heavy atom. The molecule has 5 nitrogen and oxygen atoms in total. The maximum Gasteiger partial charge on any atom is 0.222 e. The van der Waals surface area contributed by atoms with Gasteiger partial charge in [-0.05, 0) is 38.2 Å². The second kappa shape index (κ2) is 8.00. The zero-order chi connectivity index (χ0) is 17.8. The molecule has 1 aliphatic heterocycles. The number of benzene rings is 1. The number of likely N-dealkylation sites (tertiary alicyclic amines) is 1. The molecule has 3 rings (SSSR count). The van der Waals surface area contributed by atoms with Gasteiger partial charge < -0.3 is 15.5 Å². The van der Waals surface area contributed by atoms with Crippen LogP contribution in [0.1, 0.15) is 56.2 Å². The highest BCUT2D eigenvalue weighted by Gasteiger charge is 2.32. The molecule has 1 aliphatic carbocycles. The summed E-state index contributed by atoms with van der Waals surface area (Å²) < 4.78 is 0. The van der Waals surface area contributed by atoms with Gasteiger partial charge in [0, 0.05) is 32.1 Å². The molecule has 1 heterocycles. The summed E-state index contributed by atoms with van der Waals surface area (Å²) in [6.07, 6.45) is 5.01. The highest BCUT2D eigenvalue weighted by atomic mass is 16.2. The smallest absolute Gasteiger partial charge is 0.222 e. The van der Waals surface area contributed by atoms with Crippen molar-refractivity contribution in [2.45, 2.75) is 64.1 Å². The quantitative estimate of drug-likeness (QED) is 0.833. The lowest BCUT2D eigenvalue weighted by molar-refractivity contribution is -0.123. The van der Waals surface area contributed by atoms with Crippen LogP contribution in [0.15, 0.2) is 24.3 Å². The molecule has 0 radical (unpaired) electrons. The first-order valence-electron chi connectivity index (χ1n) is 9.38. The van der Waals surface area contributed by atoms with E-state index in [9.17, 15) is 9.59 Å². The van der Waals surface area contributed by atoms with Gasteiger partial charge in [-0.25, -0.2) is 0 Å². The molecule has 0 aromatic heterocycles. The predicted octanol–water partition coefficient (Wildman–Crippen LogP) is 2.31. The van der Waals surface area contributed by atoms with E-state index in [0.29, 0.717) is 0 Å². The van der Waals surface area contributed by atoms with E-state index in [1.807, 2.05) is 31.2 Å². The molecule has 2 amide bonds. The topological polar surface area (TPSA) is 61.4 Å². The molecule has 2 aliphatic rings. The van der Waals surface area contributed by atoms with Crippen LogP contribution >= 0.6 is 0 Å². The van der Waals surface area contributed by atoms with Gasteiger partial charge in [-0.2, -0.15) is 0 Å². The molecule has 1 atom stereocenters. The monoisotopic (exact) mass is 343 g/mol. The molecule has 1 aromatic rings. The molecule has 5 heteroatoms. The summed E-state index contributed by atoms with van der Waals surface area (Å²) in [6, 6.07) is 8.78. The highest BCUT2D eigenvalue weighted by Crippen LogP contribution is 2.29. The largest absolute Gasteiger partial charge is 0.353 e. The van der Waals surface area contributed by atoms with E-state index >= 15 is 0 Å². The summed E-state index contributed by atoms with van der Waals surface area (Å²) in [4.78, 5) is 26.6. The van der Waals surface area contributed by atoms with Crippen molar-refractivity contribution in [1.82, 2.24) is 15.5 Å². The first kappa shape index (κ1) is 17.9. The zero-order valence-corrected chi connectivity index (χ0v) is 15.3. The van der Waals surface area contributed by atoms with Crippen LogP contribution in [0.25, 0.3) is 0 Å². The van der Waals surface area contributed by atoms with Gasteiger partial charge in [-0.15, -0.1) is 0 Å². The molecule has 1 unspecified atom stereocenters. The van der Waals surface area contributed by atoms with Crippen LogP contribution in [0.5, 0.6) is 0 Å². The number of hydrogen-bond acceptors (Lipinski definition) is 3. The Balaban J connectivity index is 1.52. The van der Waals surface area contributed by atoms with Gasteiger partial charge in [0.1, 0.15) is 0 Å². The van der Waals surface area contributed by atoms with Crippen LogP contribution in [0, 0.1) is 6.92 Å². The molecule has 1 saturated heterocycles. The number of rotatable bonds is 6. The van der Waals surface area contributed by atoms with Crippen molar-refractivity contribution in [3.8, 4) is 0 Å². The number of hydrogen-bond donors (Lipinski definition) is 2. The third-order valence-corrected chi connectivity index (χ3v) is 5.20. The lowest BCUT2D eigenvalue weighted by Crippen LogP contribution is -2.46. The predicted molar refractivity (Wildman–Crippen MR) is 98.1 cm³/mol. The van der Waals surface area contributed by atoms with E-state index in [2.05, 4.69) is 15.5 Å². The van der Waals surface area contributed by atoms with Crippen molar-refractivity contribution in [3.63, 3.8) is 0 Å². The van der Waals surface area contributed by atoms with E-state index in [1.54, 1.807) is 0 Å². The number of nitrogens with zero attached hydrogens (tertiary/aromatic N) is 1. The first-order chi connectivity index (χ1) is 12.0. The summed E-state index contributed by atoms with van der Waals surface area (Å²) in [5.74, 6) is -0.0969. The minimum atomic E-state index is -0.273. The molecule has 2 fully saturated rings. The van der Waals surface area contributed by atoms with Crippen LogP contribution in [0.4, 0.5) is 0 Å². The van der Waals surface area contributed by atoms with Crippen molar-refractivity contribution in [2.24, 2.45) is 0 Å². The van der Waals surface area contributed by atoms with Gasteiger partial charge >= 0.3 is 0 Å². The van der Waals surface area contributed by atoms with Gasteiger partial charge in [0.2, 0.25) is 11.8 Å². The van der Waals surface area contributed by atoms with Crippen molar-refractivity contribution < 1.29 is 9.59 Å². The zero-order valence-electron chi connectivity index (χ0n) is 15.3. The van der Waals surface area contributed by atoms with Crippen LogP contribution in [0.2, 0.25) is 0 Å². The van der Waals surface area contributed by atoms with Gasteiger partial charge in [-0.1, -0.05) is 29.8 Å². The van der Waals surface area contributed by atoms with Gasteiger partial charge in [-0.3, -0.25) is 9.59 Å². The van der Waals surface area contributed by atoms with Crippen molar-refractivity contribution >= 4 is 11.8 Å². The minimum Gasteiger partial charge on any atom is -0.353 e. The molecule has 1 saturated carbocycles. The summed E-state index contributed by atoms with van der Waals surface area (Å²) in [5, 5.41) is 6.07. The molecule has 2 N–H and O–H groups in total. The maximum atomic E-state index is 12.5. The minimum absolute atomic E-state index is 0.0178. The summed E-state index contributed by atoms with van der Waals surface area (Å²) in [6.45, 7) is 5.69. The SMILES string of the molecule is CC(=O)NC(CC(=O)NC1CCN(C2CC2)CC1)c1ccc(C)cc1. The number of piperidine rings is 1. The van der Waals surface area contributed by atoms with Crippen molar-refractivity contribution in [1.29, 1.82) is 0 Å². The fourth-order valence-corrected chi connectivity index (χ4v) is 3.62. The molecular weight excluding hydrogens is 314 g/mol. The Morgan fingerprint density at radius 2 is 1.76 bits per heavy atom. The van der Waals surface area contributed by atoms with Gasteiger partial charge in [0.25, 0.3) is 0 Å². The Morgan fingerprint density at radius 3 is 2.32 bits per heavy atom. The van der Waals surface area contributed by atoms with E-state index in [1.165, 1.54) is 19.8 Å². The number of nitrogens with one attached hydrogen (secondary N) is 2. The first-order valence-corrected chi connectivity index (χ1v) is 9.38.